The lowest BCUT2D eigenvalue weighted by molar-refractivity contribution is 0.0982. The van der Waals surface area contributed by atoms with Crippen molar-refractivity contribution >= 4 is 5.78 Å². The van der Waals surface area contributed by atoms with Gasteiger partial charge < -0.3 is 0 Å². The van der Waals surface area contributed by atoms with Crippen LogP contribution in [-0.4, -0.2) is 25.7 Å². The summed E-state index contributed by atoms with van der Waals surface area (Å²) in [5, 5.41) is 0. The number of aromatic nitrogens is 4. The molecule has 2 heterocycles. The van der Waals surface area contributed by atoms with Gasteiger partial charge >= 0.3 is 0 Å². The topological polar surface area (TPSA) is 68.6 Å². The van der Waals surface area contributed by atoms with Crippen molar-refractivity contribution in [3.63, 3.8) is 0 Å². The molecule has 0 bridgehead atoms. The molecule has 0 unspecified atom stereocenters. The average molecular weight is 304 g/mol. The van der Waals surface area contributed by atoms with Crippen molar-refractivity contribution in [1.82, 2.24) is 19.9 Å². The number of carbonyl (C=O) groups excluding carboxylic acids is 1. The van der Waals surface area contributed by atoms with Gasteiger partial charge in [-0.25, -0.2) is 19.9 Å². The monoisotopic (exact) mass is 304 g/mol. The number of Topliss-reactive ketones (excluding diaryl/α,β-unsaturated/α-hetero) is 1. The van der Waals surface area contributed by atoms with Crippen LogP contribution in [0.3, 0.4) is 0 Å². The molecule has 114 valence electrons. The molecule has 3 aromatic rings. The van der Waals surface area contributed by atoms with Gasteiger partial charge in [0.25, 0.3) is 0 Å². The van der Waals surface area contributed by atoms with Gasteiger partial charge in [-0.05, 0) is 30.5 Å². The summed E-state index contributed by atoms with van der Waals surface area (Å²) in [5.41, 5.74) is 2.89. The molecule has 5 nitrogen and oxygen atoms in total. The minimum Gasteiger partial charge on any atom is -0.290 e. The van der Waals surface area contributed by atoms with E-state index >= 15 is 0 Å². The smallest absolute Gasteiger partial charge is 0.205 e. The van der Waals surface area contributed by atoms with Gasteiger partial charge in [0.15, 0.2) is 5.82 Å². The Kier molecular flexibility index (Phi) is 4.79. The van der Waals surface area contributed by atoms with E-state index in [0.29, 0.717) is 5.69 Å². The van der Waals surface area contributed by atoms with E-state index in [0.717, 1.165) is 18.5 Å². The van der Waals surface area contributed by atoms with Crippen molar-refractivity contribution in [1.29, 1.82) is 0 Å². The lowest BCUT2D eigenvalue weighted by atomic mass is 10.1. The predicted octanol–water partition coefficient (Wildman–Crippen LogP) is 2.48. The van der Waals surface area contributed by atoms with Crippen LogP contribution in [0, 0.1) is 0 Å². The van der Waals surface area contributed by atoms with E-state index in [1.165, 1.54) is 11.9 Å². The maximum atomic E-state index is 12.1. The molecule has 0 atom stereocenters. The third-order valence-corrected chi connectivity index (χ3v) is 3.45. The molecular formula is C18H16N4O. The zero-order valence-corrected chi connectivity index (χ0v) is 12.6. The maximum absolute atomic E-state index is 12.1. The molecule has 2 aromatic heterocycles. The molecule has 0 saturated heterocycles. The molecule has 0 aliphatic carbocycles. The van der Waals surface area contributed by atoms with E-state index in [-0.39, 0.29) is 18.0 Å². The Hall–Kier alpha value is -2.95. The first-order valence-electron chi connectivity index (χ1n) is 7.45. The van der Waals surface area contributed by atoms with Crippen molar-refractivity contribution in [2.45, 2.75) is 19.3 Å². The standard InChI is InChI=1S/C18H16N4O/c23-17(18-19-9-4-10-20-18)12-16-11-15(21-13-22-16)8-7-14-5-2-1-3-6-14/h1-6,9-11,13H,7-8,12H2. The fourth-order valence-electron chi connectivity index (χ4n) is 2.28. The van der Waals surface area contributed by atoms with E-state index in [1.807, 2.05) is 24.3 Å². The number of aryl methyl sites for hydroxylation is 2. The molecular weight excluding hydrogens is 288 g/mol. The maximum Gasteiger partial charge on any atom is 0.205 e. The molecule has 3 rings (SSSR count). The highest BCUT2D eigenvalue weighted by Gasteiger charge is 2.11. The molecule has 0 N–H and O–H groups in total. The first-order chi connectivity index (χ1) is 11.3. The fraction of sp³-hybridized carbons (Fsp3) is 0.167. The zero-order chi connectivity index (χ0) is 15.9. The average Bonchev–Trinajstić information content (AvgIpc) is 2.62. The minimum atomic E-state index is -0.140. The summed E-state index contributed by atoms with van der Waals surface area (Å²) in [5.74, 6) is 0.0789. The third kappa shape index (κ3) is 4.26. The molecule has 0 saturated carbocycles. The Bertz CT molecular complexity index is 775. The number of hydrogen-bond donors (Lipinski definition) is 0. The summed E-state index contributed by atoms with van der Waals surface area (Å²) in [4.78, 5) is 28.5. The summed E-state index contributed by atoms with van der Waals surface area (Å²) in [6.07, 6.45) is 6.54. The Morgan fingerprint density at radius 3 is 2.35 bits per heavy atom. The first-order valence-corrected chi connectivity index (χ1v) is 7.45. The Morgan fingerprint density at radius 1 is 0.826 bits per heavy atom. The molecule has 0 fully saturated rings. The van der Waals surface area contributed by atoms with Gasteiger partial charge in [-0.2, -0.15) is 0 Å². The van der Waals surface area contributed by atoms with Gasteiger partial charge in [0, 0.05) is 18.1 Å². The van der Waals surface area contributed by atoms with Crippen LogP contribution in [0.25, 0.3) is 0 Å². The molecule has 5 heteroatoms. The molecule has 0 aliphatic heterocycles. The SMILES string of the molecule is O=C(Cc1cc(CCc2ccccc2)ncn1)c1ncccn1. The van der Waals surface area contributed by atoms with Crippen LogP contribution < -0.4 is 0 Å². The second kappa shape index (κ2) is 7.35. The van der Waals surface area contributed by atoms with Crippen LogP contribution in [0.2, 0.25) is 0 Å². The highest BCUT2D eigenvalue weighted by molar-refractivity contribution is 5.93. The second-order valence-corrected chi connectivity index (χ2v) is 5.16. The van der Waals surface area contributed by atoms with Crippen LogP contribution in [0.5, 0.6) is 0 Å². The van der Waals surface area contributed by atoms with E-state index in [1.54, 1.807) is 18.5 Å². The summed E-state index contributed by atoms with van der Waals surface area (Å²) in [7, 11) is 0. The zero-order valence-electron chi connectivity index (χ0n) is 12.6. The third-order valence-electron chi connectivity index (χ3n) is 3.45. The van der Waals surface area contributed by atoms with Crippen LogP contribution >= 0.6 is 0 Å². The Labute approximate surface area is 134 Å². The normalized spacial score (nSPS) is 10.4. The molecule has 23 heavy (non-hydrogen) atoms. The predicted molar refractivity (Wildman–Crippen MR) is 85.9 cm³/mol. The number of carbonyl (C=O) groups is 1. The van der Waals surface area contributed by atoms with Gasteiger partial charge in [0.1, 0.15) is 6.33 Å². The van der Waals surface area contributed by atoms with E-state index < -0.39 is 0 Å². The molecule has 0 amide bonds. The van der Waals surface area contributed by atoms with Crippen molar-refractivity contribution in [2.75, 3.05) is 0 Å². The van der Waals surface area contributed by atoms with Crippen molar-refractivity contribution in [3.8, 4) is 0 Å². The van der Waals surface area contributed by atoms with Gasteiger partial charge in [0.05, 0.1) is 12.1 Å². The van der Waals surface area contributed by atoms with E-state index in [2.05, 4.69) is 32.1 Å². The van der Waals surface area contributed by atoms with Crippen molar-refractivity contribution in [2.24, 2.45) is 0 Å². The highest BCUT2D eigenvalue weighted by Crippen LogP contribution is 2.07. The summed E-state index contributed by atoms with van der Waals surface area (Å²) in [6, 6.07) is 13.8. The quantitative estimate of drug-likeness (QED) is 0.654. The number of rotatable bonds is 6. The summed E-state index contributed by atoms with van der Waals surface area (Å²) < 4.78 is 0. The Morgan fingerprint density at radius 2 is 1.57 bits per heavy atom. The van der Waals surface area contributed by atoms with Crippen LogP contribution in [0.15, 0.2) is 61.2 Å². The second-order valence-electron chi connectivity index (χ2n) is 5.16. The lowest BCUT2D eigenvalue weighted by Crippen LogP contribution is -2.10. The largest absolute Gasteiger partial charge is 0.290 e. The number of benzene rings is 1. The number of nitrogens with zero attached hydrogens (tertiary/aromatic N) is 4. The van der Waals surface area contributed by atoms with Gasteiger partial charge in [-0.3, -0.25) is 4.79 Å². The fourth-order valence-corrected chi connectivity index (χ4v) is 2.28. The van der Waals surface area contributed by atoms with Crippen molar-refractivity contribution in [3.05, 3.63) is 84.0 Å². The number of hydrogen-bond acceptors (Lipinski definition) is 5. The van der Waals surface area contributed by atoms with Gasteiger partial charge in [-0.15, -0.1) is 0 Å². The molecule has 0 radical (unpaired) electrons. The van der Waals surface area contributed by atoms with Crippen molar-refractivity contribution < 1.29 is 4.79 Å². The lowest BCUT2D eigenvalue weighted by Gasteiger charge is -2.04. The first kappa shape index (κ1) is 15.0. The minimum absolute atomic E-state index is 0.140. The summed E-state index contributed by atoms with van der Waals surface area (Å²) in [6.45, 7) is 0. The van der Waals surface area contributed by atoms with E-state index in [4.69, 9.17) is 0 Å². The van der Waals surface area contributed by atoms with Crippen LogP contribution in [-0.2, 0) is 19.3 Å². The Balaban J connectivity index is 1.64. The molecule has 0 spiro atoms. The highest BCUT2D eigenvalue weighted by atomic mass is 16.1. The van der Waals surface area contributed by atoms with E-state index in [9.17, 15) is 4.79 Å². The number of ketones is 1. The summed E-state index contributed by atoms with van der Waals surface area (Å²) >= 11 is 0. The van der Waals surface area contributed by atoms with Crippen LogP contribution in [0.1, 0.15) is 27.6 Å². The van der Waals surface area contributed by atoms with Gasteiger partial charge in [0.2, 0.25) is 5.78 Å². The van der Waals surface area contributed by atoms with Gasteiger partial charge in [-0.1, -0.05) is 30.3 Å². The van der Waals surface area contributed by atoms with Crippen LogP contribution in [0.4, 0.5) is 0 Å². The molecule has 0 aliphatic rings. The molecule has 1 aromatic carbocycles.